The monoisotopic (exact) mass is 235 g/mol. The van der Waals surface area contributed by atoms with E-state index in [4.69, 9.17) is 5.73 Å². The average Bonchev–Trinajstić information content (AvgIpc) is 2.48. The van der Waals surface area contributed by atoms with E-state index in [1.165, 1.54) is 13.0 Å². The van der Waals surface area contributed by atoms with Gasteiger partial charge >= 0.3 is 0 Å². The Hall–Kier alpha value is -1.26. The molecule has 0 saturated carbocycles. The molecule has 4 heteroatoms. The van der Waals surface area contributed by atoms with Crippen LogP contribution in [0.4, 0.5) is 5.69 Å². The number of benzene rings is 1. The lowest BCUT2D eigenvalue weighted by Crippen LogP contribution is -2.28. The molecule has 17 heavy (non-hydrogen) atoms. The van der Waals surface area contributed by atoms with Crippen LogP contribution in [0.5, 0.6) is 5.75 Å². The number of likely N-dealkylation sites (N-methyl/N-ethyl adjacent to an activating group) is 1. The number of nitrogen functional groups attached to an aromatic ring is 1. The van der Waals surface area contributed by atoms with E-state index in [-0.39, 0.29) is 5.75 Å². The molecule has 1 aromatic rings. The number of rotatable bonds is 2. The number of hydrogen-bond donors (Lipinski definition) is 2. The second-order valence-corrected chi connectivity index (χ2v) is 4.82. The Kier molecular flexibility index (Phi) is 3.86. The Morgan fingerprint density at radius 2 is 2.06 bits per heavy atom. The Balaban J connectivity index is 2.00. The van der Waals surface area contributed by atoms with E-state index in [1.807, 2.05) is 6.07 Å². The van der Waals surface area contributed by atoms with E-state index in [0.717, 1.165) is 31.7 Å². The Morgan fingerprint density at radius 1 is 1.24 bits per heavy atom. The summed E-state index contributed by atoms with van der Waals surface area (Å²) in [5.41, 5.74) is 7.69. The third kappa shape index (κ3) is 3.35. The number of nitrogens with two attached hydrogens (primary N) is 1. The van der Waals surface area contributed by atoms with Crippen LogP contribution in [0.15, 0.2) is 18.2 Å². The number of nitrogens with zero attached hydrogens (tertiary/aromatic N) is 2. The van der Waals surface area contributed by atoms with E-state index >= 15 is 0 Å². The summed E-state index contributed by atoms with van der Waals surface area (Å²) >= 11 is 0. The van der Waals surface area contributed by atoms with E-state index in [1.54, 1.807) is 12.1 Å². The molecule has 1 fully saturated rings. The molecule has 1 aliphatic rings. The molecule has 4 nitrogen and oxygen atoms in total. The van der Waals surface area contributed by atoms with Crippen molar-refractivity contribution in [3.63, 3.8) is 0 Å². The molecule has 0 bridgehead atoms. The molecule has 1 aromatic carbocycles. The van der Waals surface area contributed by atoms with Gasteiger partial charge in [-0.1, -0.05) is 6.07 Å². The lowest BCUT2D eigenvalue weighted by Gasteiger charge is -2.21. The number of hydrogen-bond acceptors (Lipinski definition) is 4. The molecular weight excluding hydrogens is 214 g/mol. The largest absolute Gasteiger partial charge is 0.508 e. The molecule has 0 aliphatic carbocycles. The molecule has 1 saturated heterocycles. The van der Waals surface area contributed by atoms with Crippen LogP contribution >= 0.6 is 0 Å². The summed E-state index contributed by atoms with van der Waals surface area (Å²) in [5.74, 6) is 0.238. The maximum absolute atomic E-state index is 9.32. The SMILES string of the molecule is CN1CCCN(Cc2ccc(O)cc2N)CC1. The van der Waals surface area contributed by atoms with Crippen LogP contribution in [0.25, 0.3) is 0 Å². The van der Waals surface area contributed by atoms with E-state index in [9.17, 15) is 5.11 Å². The minimum absolute atomic E-state index is 0.238. The Labute approximate surface area is 103 Å². The van der Waals surface area contributed by atoms with Gasteiger partial charge in [-0.25, -0.2) is 0 Å². The summed E-state index contributed by atoms with van der Waals surface area (Å²) in [6, 6.07) is 5.24. The number of phenols is 1. The first kappa shape index (κ1) is 12.2. The van der Waals surface area contributed by atoms with Gasteiger partial charge in [0.1, 0.15) is 5.75 Å². The fourth-order valence-electron chi connectivity index (χ4n) is 2.23. The normalized spacial score (nSPS) is 19.1. The van der Waals surface area contributed by atoms with Gasteiger partial charge in [-0.3, -0.25) is 4.90 Å². The van der Waals surface area contributed by atoms with Gasteiger partial charge in [0.2, 0.25) is 0 Å². The highest BCUT2D eigenvalue weighted by Gasteiger charge is 2.13. The third-order valence-electron chi connectivity index (χ3n) is 3.34. The van der Waals surface area contributed by atoms with Crippen molar-refractivity contribution in [3.05, 3.63) is 23.8 Å². The minimum atomic E-state index is 0.238. The van der Waals surface area contributed by atoms with Crippen LogP contribution in [0.2, 0.25) is 0 Å². The topological polar surface area (TPSA) is 52.7 Å². The first-order valence-electron chi connectivity index (χ1n) is 6.13. The summed E-state index contributed by atoms with van der Waals surface area (Å²) in [6.07, 6.45) is 1.20. The Morgan fingerprint density at radius 3 is 2.82 bits per heavy atom. The first-order chi connectivity index (χ1) is 8.15. The standard InChI is InChI=1S/C13H21N3O/c1-15-5-2-6-16(8-7-15)10-11-3-4-12(17)9-13(11)14/h3-4,9,17H,2,5-8,10,14H2,1H3. The zero-order chi connectivity index (χ0) is 12.3. The summed E-state index contributed by atoms with van der Waals surface area (Å²) in [7, 11) is 2.17. The number of anilines is 1. The summed E-state index contributed by atoms with van der Waals surface area (Å²) in [6.45, 7) is 5.35. The summed E-state index contributed by atoms with van der Waals surface area (Å²) in [4.78, 5) is 4.78. The average molecular weight is 235 g/mol. The van der Waals surface area contributed by atoms with Crippen molar-refractivity contribution in [1.82, 2.24) is 9.80 Å². The van der Waals surface area contributed by atoms with Gasteiger partial charge in [0, 0.05) is 31.4 Å². The summed E-state index contributed by atoms with van der Waals surface area (Å²) < 4.78 is 0. The van der Waals surface area contributed by atoms with Crippen LogP contribution in [0, 0.1) is 0 Å². The van der Waals surface area contributed by atoms with Crippen LogP contribution in [-0.2, 0) is 6.54 Å². The van der Waals surface area contributed by atoms with Crippen molar-refractivity contribution in [3.8, 4) is 5.75 Å². The quantitative estimate of drug-likeness (QED) is 0.754. The van der Waals surface area contributed by atoms with Crippen molar-refractivity contribution in [1.29, 1.82) is 0 Å². The molecule has 1 heterocycles. The predicted molar refractivity (Wildman–Crippen MR) is 69.9 cm³/mol. The summed E-state index contributed by atoms with van der Waals surface area (Å²) in [5, 5.41) is 9.32. The van der Waals surface area contributed by atoms with Crippen LogP contribution in [0.3, 0.4) is 0 Å². The van der Waals surface area contributed by atoms with Gasteiger partial charge in [-0.15, -0.1) is 0 Å². The molecule has 0 amide bonds. The van der Waals surface area contributed by atoms with Crippen molar-refractivity contribution >= 4 is 5.69 Å². The molecule has 0 aromatic heterocycles. The number of phenolic OH excluding ortho intramolecular Hbond substituents is 1. The fourth-order valence-corrected chi connectivity index (χ4v) is 2.23. The maximum atomic E-state index is 9.32. The van der Waals surface area contributed by atoms with Gasteiger partial charge in [-0.2, -0.15) is 0 Å². The second-order valence-electron chi connectivity index (χ2n) is 4.82. The molecule has 1 aliphatic heterocycles. The second kappa shape index (κ2) is 5.38. The molecule has 2 rings (SSSR count). The highest BCUT2D eigenvalue weighted by atomic mass is 16.3. The van der Waals surface area contributed by atoms with Crippen molar-refractivity contribution in [2.45, 2.75) is 13.0 Å². The third-order valence-corrected chi connectivity index (χ3v) is 3.34. The molecule has 94 valence electrons. The number of aromatic hydroxyl groups is 1. The van der Waals surface area contributed by atoms with Gasteiger partial charge in [0.05, 0.1) is 0 Å². The smallest absolute Gasteiger partial charge is 0.117 e. The Bertz CT molecular complexity index is 381. The highest BCUT2D eigenvalue weighted by molar-refractivity contribution is 5.50. The van der Waals surface area contributed by atoms with E-state index < -0.39 is 0 Å². The molecule has 0 spiro atoms. The molecule has 0 radical (unpaired) electrons. The van der Waals surface area contributed by atoms with Gasteiger partial charge in [0.15, 0.2) is 0 Å². The predicted octanol–water partition coefficient (Wildman–Crippen LogP) is 1.11. The lowest BCUT2D eigenvalue weighted by atomic mass is 10.1. The minimum Gasteiger partial charge on any atom is -0.508 e. The molecule has 3 N–H and O–H groups in total. The van der Waals surface area contributed by atoms with E-state index in [0.29, 0.717) is 5.69 Å². The van der Waals surface area contributed by atoms with Crippen LogP contribution < -0.4 is 5.73 Å². The zero-order valence-corrected chi connectivity index (χ0v) is 10.4. The van der Waals surface area contributed by atoms with Gasteiger partial charge in [-0.05, 0) is 38.2 Å². The van der Waals surface area contributed by atoms with Crippen LogP contribution in [0.1, 0.15) is 12.0 Å². The van der Waals surface area contributed by atoms with Gasteiger partial charge in [0.25, 0.3) is 0 Å². The van der Waals surface area contributed by atoms with Crippen molar-refractivity contribution in [2.75, 3.05) is 39.0 Å². The molecule has 0 unspecified atom stereocenters. The zero-order valence-electron chi connectivity index (χ0n) is 10.4. The van der Waals surface area contributed by atoms with E-state index in [2.05, 4.69) is 16.8 Å². The first-order valence-corrected chi connectivity index (χ1v) is 6.13. The molecule has 0 atom stereocenters. The van der Waals surface area contributed by atoms with Gasteiger partial charge < -0.3 is 15.7 Å². The van der Waals surface area contributed by atoms with Crippen molar-refractivity contribution < 1.29 is 5.11 Å². The molecular formula is C13H21N3O. The van der Waals surface area contributed by atoms with Crippen molar-refractivity contribution in [2.24, 2.45) is 0 Å². The highest BCUT2D eigenvalue weighted by Crippen LogP contribution is 2.20. The fraction of sp³-hybridized carbons (Fsp3) is 0.538. The van der Waals surface area contributed by atoms with Crippen LogP contribution in [-0.4, -0.2) is 48.1 Å². The lowest BCUT2D eigenvalue weighted by molar-refractivity contribution is 0.269. The maximum Gasteiger partial charge on any atom is 0.117 e.